The van der Waals surface area contributed by atoms with Gasteiger partial charge in [-0.3, -0.25) is 9.05 Å². The van der Waals surface area contributed by atoms with E-state index >= 15 is 0 Å². The summed E-state index contributed by atoms with van der Waals surface area (Å²) in [5.41, 5.74) is 2.57. The minimum absolute atomic E-state index is 0.00240. The van der Waals surface area contributed by atoms with Crippen LogP contribution in [0.25, 0.3) is 0 Å². The van der Waals surface area contributed by atoms with Gasteiger partial charge in [-0.25, -0.2) is 4.57 Å². The summed E-state index contributed by atoms with van der Waals surface area (Å²) in [6.07, 6.45) is 17.7. The molecular weight excluding hydrogens is 613 g/mol. The monoisotopic (exact) mass is 684 g/mol. The molecule has 9 heteroatoms. The molecule has 4 aliphatic rings. The molecule has 3 saturated carbocycles. The van der Waals surface area contributed by atoms with Gasteiger partial charge in [0, 0.05) is 0 Å². The van der Waals surface area contributed by atoms with Gasteiger partial charge in [0.15, 0.2) is 0 Å². The summed E-state index contributed by atoms with van der Waals surface area (Å²) in [4.78, 5) is 9.76. The van der Waals surface area contributed by atoms with Crippen molar-refractivity contribution in [2.45, 2.75) is 111 Å². The van der Waals surface area contributed by atoms with Crippen molar-refractivity contribution in [3.63, 3.8) is 0 Å². The molecule has 0 aromatic carbocycles. The van der Waals surface area contributed by atoms with Gasteiger partial charge in [-0.2, -0.15) is 0 Å². The van der Waals surface area contributed by atoms with Crippen LogP contribution < -0.4 is 0 Å². The minimum Gasteiger partial charge on any atom is -0.377 e. The molecule has 0 heterocycles. The quantitative estimate of drug-likeness (QED) is 0.0598. The van der Waals surface area contributed by atoms with Crippen LogP contribution in [0, 0.1) is 46.3 Å². The van der Waals surface area contributed by atoms with Gasteiger partial charge < -0.3 is 23.6 Å². The number of quaternary nitrogens is 1. The van der Waals surface area contributed by atoms with Crippen LogP contribution in [0.5, 0.6) is 0 Å². The van der Waals surface area contributed by atoms with E-state index in [1.165, 1.54) is 57.8 Å². The van der Waals surface area contributed by atoms with Gasteiger partial charge >= 0.3 is 7.82 Å². The number of rotatable bonds is 20. The molecule has 3 fully saturated rings. The highest BCUT2D eigenvalue weighted by molar-refractivity contribution is 7.47. The lowest BCUT2D eigenvalue weighted by Gasteiger charge is -2.58. The summed E-state index contributed by atoms with van der Waals surface area (Å²) in [7, 11) is 1.93. The average Bonchev–Trinajstić information content (AvgIpc) is 3.34. The van der Waals surface area contributed by atoms with Crippen molar-refractivity contribution >= 4 is 7.82 Å². The smallest absolute Gasteiger partial charge is 0.377 e. The third-order valence-electron chi connectivity index (χ3n) is 12.7. The highest BCUT2D eigenvalue weighted by Crippen LogP contribution is 2.67. The van der Waals surface area contributed by atoms with E-state index in [2.05, 4.69) is 40.7 Å². The molecule has 0 aliphatic heterocycles. The largest absolute Gasteiger partial charge is 0.472 e. The normalized spacial score (nSPS) is 34.3. The summed E-state index contributed by atoms with van der Waals surface area (Å²) < 4.78 is 40.1. The molecular formula is C38H71NO7P+. The van der Waals surface area contributed by atoms with Crippen molar-refractivity contribution in [1.82, 2.24) is 0 Å². The van der Waals surface area contributed by atoms with Crippen LogP contribution in [0.3, 0.4) is 0 Å². The van der Waals surface area contributed by atoms with Crippen LogP contribution >= 0.6 is 7.82 Å². The molecule has 0 spiro atoms. The van der Waals surface area contributed by atoms with E-state index in [0.29, 0.717) is 48.3 Å². The molecule has 9 atom stereocenters. The van der Waals surface area contributed by atoms with Gasteiger partial charge in [-0.15, -0.1) is 0 Å². The number of nitrogens with zero attached hydrogens (tertiary/aromatic N) is 1. The molecule has 0 saturated heterocycles. The first-order valence-electron chi connectivity index (χ1n) is 19.0. The molecule has 0 aromatic rings. The molecule has 0 amide bonds. The minimum atomic E-state index is -4.04. The summed E-state index contributed by atoms with van der Waals surface area (Å²) >= 11 is 0. The van der Waals surface area contributed by atoms with Crippen LogP contribution in [-0.4, -0.2) is 89.4 Å². The number of allylic oxidation sites excluding steroid dienone is 1. The van der Waals surface area contributed by atoms with E-state index in [1.54, 1.807) is 5.57 Å². The van der Waals surface area contributed by atoms with Crippen molar-refractivity contribution in [2.75, 3.05) is 73.9 Å². The van der Waals surface area contributed by atoms with Crippen molar-refractivity contribution in [3.8, 4) is 0 Å². The highest BCUT2D eigenvalue weighted by atomic mass is 31.2. The Morgan fingerprint density at radius 2 is 1.55 bits per heavy atom. The van der Waals surface area contributed by atoms with Crippen molar-refractivity contribution in [3.05, 3.63) is 11.6 Å². The maximum atomic E-state index is 11.9. The van der Waals surface area contributed by atoms with Crippen LogP contribution in [0.15, 0.2) is 11.6 Å². The van der Waals surface area contributed by atoms with Crippen LogP contribution in [-0.2, 0) is 27.8 Å². The Labute approximate surface area is 287 Å². The molecule has 4 aliphatic carbocycles. The maximum Gasteiger partial charge on any atom is 0.472 e. The molecule has 0 radical (unpaired) electrons. The second-order valence-corrected chi connectivity index (χ2v) is 18.9. The molecule has 47 heavy (non-hydrogen) atoms. The number of fused-ring (bicyclic) bond motifs is 5. The lowest BCUT2D eigenvalue weighted by molar-refractivity contribution is -0.870. The fraction of sp³-hybridized carbons (Fsp3) is 0.947. The third kappa shape index (κ3) is 10.8. The summed E-state index contributed by atoms with van der Waals surface area (Å²) in [5.74, 6) is 5.23. The second-order valence-electron chi connectivity index (χ2n) is 17.4. The molecule has 1 N–H and O–H groups in total. The fourth-order valence-corrected chi connectivity index (χ4v) is 10.8. The number of hydrogen-bond donors (Lipinski definition) is 1. The van der Waals surface area contributed by atoms with E-state index in [9.17, 15) is 9.46 Å². The standard InChI is InChI=1S/C38H70NO7P/c1-29(2)10-9-11-30(3)34-14-15-35-33-13-12-31-28-32(16-18-37(31,4)36(33)17-19-38(34,35)5)44-26-24-42-22-23-43-25-27-46-47(40,41)45-21-20-39(6,7)8/h12,29-30,32-36H,9-11,13-28H2,1-8H3/p+1/t30-,32?,33+,34-,35+,36+,37+,38-/m1/s1. The van der Waals surface area contributed by atoms with E-state index in [0.717, 1.165) is 48.3 Å². The Kier molecular flexibility index (Phi) is 14.5. The van der Waals surface area contributed by atoms with Crippen molar-refractivity contribution in [1.29, 1.82) is 0 Å². The number of hydrogen-bond acceptors (Lipinski definition) is 6. The number of phosphoric acid groups is 1. The van der Waals surface area contributed by atoms with E-state index in [1.807, 2.05) is 21.1 Å². The predicted molar refractivity (Wildman–Crippen MR) is 189 cm³/mol. The zero-order valence-corrected chi connectivity index (χ0v) is 32.2. The number of likely N-dealkylation sites (N-methyl/N-ethyl adjacent to an activating group) is 1. The van der Waals surface area contributed by atoms with Gasteiger partial charge in [-0.05, 0) is 97.7 Å². The lowest BCUT2D eigenvalue weighted by atomic mass is 9.47. The Balaban J connectivity index is 1.11. The van der Waals surface area contributed by atoms with Crippen molar-refractivity contribution in [2.24, 2.45) is 46.3 Å². The SMILES string of the molecule is CC(C)CCC[C@@H](C)[C@H]1CC[C@H]2[C@@H]3CC=C4CC(OCCOCCOCCOP(=O)(O)OCC[N+](C)(C)C)CC[C@]4(C)[C@H]3CC[C@]12C. The van der Waals surface area contributed by atoms with Crippen LogP contribution in [0.1, 0.15) is 105 Å². The Hall–Kier alpha value is -0.310. The zero-order valence-electron chi connectivity index (χ0n) is 31.3. The van der Waals surface area contributed by atoms with Crippen LogP contribution in [0.4, 0.5) is 0 Å². The highest BCUT2D eigenvalue weighted by Gasteiger charge is 2.59. The summed E-state index contributed by atoms with van der Waals surface area (Å²) in [5, 5.41) is 0. The van der Waals surface area contributed by atoms with E-state index in [-0.39, 0.29) is 25.9 Å². The second kappa shape index (κ2) is 17.3. The Morgan fingerprint density at radius 3 is 2.26 bits per heavy atom. The van der Waals surface area contributed by atoms with Gasteiger partial charge in [0.2, 0.25) is 0 Å². The fourth-order valence-electron chi connectivity index (χ4n) is 10.1. The molecule has 274 valence electrons. The van der Waals surface area contributed by atoms with Crippen molar-refractivity contribution < 1.29 is 37.2 Å². The predicted octanol–water partition coefficient (Wildman–Crippen LogP) is 8.29. The van der Waals surface area contributed by atoms with Crippen LogP contribution in [0.2, 0.25) is 0 Å². The first-order valence-corrected chi connectivity index (χ1v) is 20.5. The maximum absolute atomic E-state index is 11.9. The van der Waals surface area contributed by atoms with E-state index < -0.39 is 7.82 Å². The molecule has 8 nitrogen and oxygen atoms in total. The summed E-state index contributed by atoms with van der Waals surface area (Å²) in [6, 6.07) is 0. The van der Waals surface area contributed by atoms with Gasteiger partial charge in [-0.1, -0.05) is 65.5 Å². The molecule has 0 bridgehead atoms. The lowest BCUT2D eigenvalue weighted by Crippen LogP contribution is -2.51. The Morgan fingerprint density at radius 1 is 0.872 bits per heavy atom. The first-order chi connectivity index (χ1) is 22.1. The van der Waals surface area contributed by atoms with Gasteiger partial charge in [0.25, 0.3) is 0 Å². The topological polar surface area (TPSA) is 83.5 Å². The third-order valence-corrected chi connectivity index (χ3v) is 13.7. The molecule has 4 rings (SSSR count). The van der Waals surface area contributed by atoms with Gasteiger partial charge in [0.1, 0.15) is 13.2 Å². The number of ether oxygens (including phenoxy) is 3. The molecule has 2 unspecified atom stereocenters. The number of phosphoric ester groups is 1. The van der Waals surface area contributed by atoms with E-state index in [4.69, 9.17) is 23.3 Å². The summed E-state index contributed by atoms with van der Waals surface area (Å²) in [6.45, 7) is 15.6. The zero-order chi connectivity index (χ0) is 34.3. The Bertz CT molecular complexity index is 1050. The molecule has 0 aromatic heterocycles. The van der Waals surface area contributed by atoms with Gasteiger partial charge in [0.05, 0.1) is 66.9 Å². The first kappa shape index (κ1) is 39.5. The average molecular weight is 685 g/mol.